The van der Waals surface area contributed by atoms with Crippen LogP contribution in [0.2, 0.25) is 5.02 Å². The van der Waals surface area contributed by atoms with Gasteiger partial charge in [0, 0.05) is 11.6 Å². The number of aromatic carboxylic acids is 1. The number of hydrogen-bond donors (Lipinski definition) is 2. The Morgan fingerprint density at radius 2 is 1.95 bits per heavy atom. The molecule has 2 rings (SSSR count). The van der Waals surface area contributed by atoms with Crippen LogP contribution in [0.4, 0.5) is 5.69 Å². The van der Waals surface area contributed by atoms with Crippen LogP contribution in [0.15, 0.2) is 48.5 Å². The van der Waals surface area contributed by atoms with Gasteiger partial charge in [-0.1, -0.05) is 48.9 Å². The number of carboxylic acid groups (broad SMARTS) is 1. The SMILES string of the molecule is CC(CCNc1cc(Cl)ccc1C(=O)O)c1ccccc1. The molecule has 0 aliphatic heterocycles. The number of anilines is 1. The number of benzene rings is 2. The summed E-state index contributed by atoms with van der Waals surface area (Å²) < 4.78 is 0. The lowest BCUT2D eigenvalue weighted by Gasteiger charge is -2.14. The second-order valence-electron chi connectivity index (χ2n) is 5.02. The summed E-state index contributed by atoms with van der Waals surface area (Å²) in [6.45, 7) is 2.85. The summed E-state index contributed by atoms with van der Waals surface area (Å²) in [5.41, 5.74) is 2.09. The van der Waals surface area contributed by atoms with Crippen LogP contribution in [0, 0.1) is 0 Å². The maximum Gasteiger partial charge on any atom is 0.337 e. The van der Waals surface area contributed by atoms with Crippen LogP contribution < -0.4 is 5.32 Å². The van der Waals surface area contributed by atoms with Gasteiger partial charge in [0.05, 0.1) is 11.3 Å². The number of hydrogen-bond acceptors (Lipinski definition) is 2. The molecule has 21 heavy (non-hydrogen) atoms. The fraction of sp³-hybridized carbons (Fsp3) is 0.235. The molecule has 0 bridgehead atoms. The molecule has 1 unspecified atom stereocenters. The third-order valence-electron chi connectivity index (χ3n) is 3.47. The molecule has 0 aliphatic carbocycles. The van der Waals surface area contributed by atoms with Crippen LogP contribution in [0.5, 0.6) is 0 Å². The average molecular weight is 304 g/mol. The Morgan fingerprint density at radius 3 is 2.62 bits per heavy atom. The van der Waals surface area contributed by atoms with Gasteiger partial charge in [-0.05, 0) is 36.1 Å². The summed E-state index contributed by atoms with van der Waals surface area (Å²) in [5, 5.41) is 12.9. The molecule has 2 aromatic carbocycles. The first-order valence-electron chi connectivity index (χ1n) is 6.89. The highest BCUT2D eigenvalue weighted by molar-refractivity contribution is 6.31. The monoisotopic (exact) mass is 303 g/mol. The minimum Gasteiger partial charge on any atom is -0.478 e. The predicted molar refractivity (Wildman–Crippen MR) is 86.4 cm³/mol. The molecule has 0 radical (unpaired) electrons. The van der Waals surface area contributed by atoms with Crippen LogP contribution in [0.1, 0.15) is 35.2 Å². The van der Waals surface area contributed by atoms with Gasteiger partial charge >= 0.3 is 5.97 Å². The largest absolute Gasteiger partial charge is 0.478 e. The van der Waals surface area contributed by atoms with Crippen LogP contribution >= 0.6 is 11.6 Å². The van der Waals surface area contributed by atoms with E-state index in [1.54, 1.807) is 12.1 Å². The van der Waals surface area contributed by atoms with Crippen molar-refractivity contribution in [3.63, 3.8) is 0 Å². The zero-order valence-corrected chi connectivity index (χ0v) is 12.6. The van der Waals surface area contributed by atoms with Gasteiger partial charge in [-0.15, -0.1) is 0 Å². The Morgan fingerprint density at radius 1 is 1.24 bits per heavy atom. The molecule has 0 spiro atoms. The summed E-state index contributed by atoms with van der Waals surface area (Å²) >= 11 is 5.93. The van der Waals surface area contributed by atoms with E-state index >= 15 is 0 Å². The summed E-state index contributed by atoms with van der Waals surface area (Å²) in [6, 6.07) is 15.0. The number of rotatable bonds is 6. The molecule has 0 saturated heterocycles. The second kappa shape index (κ2) is 7.14. The van der Waals surface area contributed by atoms with E-state index in [1.165, 1.54) is 11.6 Å². The molecule has 0 saturated carbocycles. The Labute approximate surface area is 129 Å². The molecular weight excluding hydrogens is 286 g/mol. The third-order valence-corrected chi connectivity index (χ3v) is 3.71. The molecule has 0 heterocycles. The van der Waals surface area contributed by atoms with Crippen molar-refractivity contribution >= 4 is 23.3 Å². The van der Waals surface area contributed by atoms with Crippen molar-refractivity contribution in [2.75, 3.05) is 11.9 Å². The highest BCUT2D eigenvalue weighted by Crippen LogP contribution is 2.23. The van der Waals surface area contributed by atoms with E-state index in [1.807, 2.05) is 18.2 Å². The van der Waals surface area contributed by atoms with E-state index in [-0.39, 0.29) is 5.56 Å². The molecule has 1 atom stereocenters. The Bertz CT molecular complexity index is 613. The van der Waals surface area contributed by atoms with Crippen molar-refractivity contribution in [2.24, 2.45) is 0 Å². The van der Waals surface area contributed by atoms with Crippen molar-refractivity contribution in [1.82, 2.24) is 0 Å². The van der Waals surface area contributed by atoms with Gasteiger partial charge in [0.25, 0.3) is 0 Å². The summed E-state index contributed by atoms with van der Waals surface area (Å²) in [5.74, 6) is -0.545. The normalized spacial score (nSPS) is 11.9. The average Bonchev–Trinajstić information content (AvgIpc) is 2.48. The van der Waals surface area contributed by atoms with Crippen molar-refractivity contribution in [3.8, 4) is 0 Å². The smallest absolute Gasteiger partial charge is 0.337 e. The fourth-order valence-corrected chi connectivity index (χ4v) is 2.39. The van der Waals surface area contributed by atoms with Crippen LogP contribution in [-0.2, 0) is 0 Å². The molecule has 2 aromatic rings. The predicted octanol–water partition coefficient (Wildman–Crippen LogP) is 4.64. The first-order chi connectivity index (χ1) is 10.1. The maximum absolute atomic E-state index is 11.2. The molecule has 3 nitrogen and oxygen atoms in total. The highest BCUT2D eigenvalue weighted by Gasteiger charge is 2.11. The van der Waals surface area contributed by atoms with Crippen LogP contribution in [-0.4, -0.2) is 17.6 Å². The molecule has 0 fully saturated rings. The minimum absolute atomic E-state index is 0.242. The first kappa shape index (κ1) is 15.4. The Balaban J connectivity index is 1.97. The highest BCUT2D eigenvalue weighted by atomic mass is 35.5. The van der Waals surface area contributed by atoms with Gasteiger partial charge in [0.2, 0.25) is 0 Å². The summed E-state index contributed by atoms with van der Waals surface area (Å²) in [4.78, 5) is 11.2. The van der Waals surface area contributed by atoms with Crippen molar-refractivity contribution in [1.29, 1.82) is 0 Å². The quantitative estimate of drug-likeness (QED) is 0.817. The van der Waals surface area contributed by atoms with E-state index in [2.05, 4.69) is 24.4 Å². The van der Waals surface area contributed by atoms with Gasteiger partial charge in [-0.25, -0.2) is 4.79 Å². The van der Waals surface area contributed by atoms with Gasteiger partial charge in [0.15, 0.2) is 0 Å². The molecular formula is C17H18ClNO2. The van der Waals surface area contributed by atoms with Crippen molar-refractivity contribution in [3.05, 3.63) is 64.7 Å². The topological polar surface area (TPSA) is 49.3 Å². The Kier molecular flexibility index (Phi) is 5.23. The molecule has 0 aliphatic rings. The molecule has 2 N–H and O–H groups in total. The van der Waals surface area contributed by atoms with E-state index in [4.69, 9.17) is 16.7 Å². The molecule has 110 valence electrons. The van der Waals surface area contributed by atoms with Gasteiger partial charge < -0.3 is 10.4 Å². The third kappa shape index (κ3) is 4.23. The molecule has 4 heteroatoms. The van der Waals surface area contributed by atoms with Crippen molar-refractivity contribution < 1.29 is 9.90 Å². The lowest BCUT2D eigenvalue weighted by molar-refractivity contribution is 0.0698. The zero-order chi connectivity index (χ0) is 15.2. The van der Waals surface area contributed by atoms with E-state index in [0.29, 0.717) is 23.2 Å². The second-order valence-corrected chi connectivity index (χ2v) is 5.46. The minimum atomic E-state index is -0.953. The van der Waals surface area contributed by atoms with Gasteiger partial charge in [-0.3, -0.25) is 0 Å². The fourth-order valence-electron chi connectivity index (χ4n) is 2.22. The van der Waals surface area contributed by atoms with E-state index in [9.17, 15) is 4.79 Å². The summed E-state index contributed by atoms with van der Waals surface area (Å²) in [7, 11) is 0. The summed E-state index contributed by atoms with van der Waals surface area (Å²) in [6.07, 6.45) is 0.912. The number of carboxylic acids is 1. The van der Waals surface area contributed by atoms with E-state index in [0.717, 1.165) is 6.42 Å². The van der Waals surface area contributed by atoms with Gasteiger partial charge in [0.1, 0.15) is 0 Å². The molecule has 0 aromatic heterocycles. The van der Waals surface area contributed by atoms with Crippen molar-refractivity contribution in [2.45, 2.75) is 19.3 Å². The number of halogens is 1. The van der Waals surface area contributed by atoms with Crippen LogP contribution in [0.25, 0.3) is 0 Å². The van der Waals surface area contributed by atoms with E-state index < -0.39 is 5.97 Å². The Hall–Kier alpha value is -2.00. The lowest BCUT2D eigenvalue weighted by Crippen LogP contribution is -2.09. The molecule has 0 amide bonds. The van der Waals surface area contributed by atoms with Gasteiger partial charge in [-0.2, -0.15) is 0 Å². The number of carbonyl (C=O) groups is 1. The van der Waals surface area contributed by atoms with Crippen LogP contribution in [0.3, 0.4) is 0 Å². The first-order valence-corrected chi connectivity index (χ1v) is 7.27. The lowest BCUT2D eigenvalue weighted by atomic mass is 9.98. The standard InChI is InChI=1S/C17H18ClNO2/c1-12(13-5-3-2-4-6-13)9-10-19-16-11-14(18)7-8-15(16)17(20)21/h2-8,11-12,19H,9-10H2,1H3,(H,20,21). The number of nitrogens with one attached hydrogen (secondary N) is 1. The maximum atomic E-state index is 11.2. The zero-order valence-electron chi connectivity index (χ0n) is 11.8.